The van der Waals surface area contributed by atoms with Gasteiger partial charge in [-0.15, -0.1) is 0 Å². The van der Waals surface area contributed by atoms with Crippen molar-refractivity contribution in [2.45, 2.75) is 62.0 Å². The van der Waals surface area contributed by atoms with Crippen LogP contribution in [-0.2, 0) is 21.4 Å². The fourth-order valence-electron chi connectivity index (χ4n) is 7.08. The van der Waals surface area contributed by atoms with Crippen LogP contribution in [0.3, 0.4) is 0 Å². The summed E-state index contributed by atoms with van der Waals surface area (Å²) in [6, 6.07) is 13.1. The SMILES string of the molecule is COC12CC[C@H](NC(=O)Cc3ccc(Cl)c(Cl)c3)C[C@]1(c1cccc(O)c1)CC[N@+](C)(CC1CC1)C2. The number of rotatable bonds is 7. The molecule has 2 N–H and O–H groups in total. The average Bonchev–Trinajstić information content (AvgIpc) is 3.65. The number of phenols is 1. The molecule has 2 aliphatic carbocycles. The van der Waals surface area contributed by atoms with E-state index in [1.54, 1.807) is 18.2 Å². The van der Waals surface area contributed by atoms with Crippen LogP contribution in [0.2, 0.25) is 10.0 Å². The molecule has 0 bridgehead atoms. The summed E-state index contributed by atoms with van der Waals surface area (Å²) < 4.78 is 7.55. The molecule has 3 fully saturated rings. The van der Waals surface area contributed by atoms with Gasteiger partial charge in [0.1, 0.15) is 17.9 Å². The second kappa shape index (κ2) is 9.83. The lowest BCUT2D eigenvalue weighted by Gasteiger charge is -2.61. The van der Waals surface area contributed by atoms with Gasteiger partial charge in [-0.05, 0) is 67.5 Å². The van der Waals surface area contributed by atoms with Crippen LogP contribution >= 0.6 is 23.2 Å². The third-order valence-electron chi connectivity index (χ3n) is 8.98. The number of hydrogen-bond acceptors (Lipinski definition) is 3. The number of piperidine rings is 1. The second-order valence-electron chi connectivity index (χ2n) is 11.6. The number of quaternary nitrogens is 1. The molecule has 2 aromatic carbocycles. The number of carbonyl (C=O) groups excluding carboxylic acids is 1. The monoisotopic (exact) mass is 531 g/mol. The van der Waals surface area contributed by atoms with E-state index in [4.69, 9.17) is 27.9 Å². The van der Waals surface area contributed by atoms with Crippen LogP contribution < -0.4 is 5.32 Å². The maximum absolute atomic E-state index is 13.1. The van der Waals surface area contributed by atoms with Crippen LogP contribution in [0.25, 0.3) is 0 Å². The number of aromatic hydroxyl groups is 1. The molecule has 194 valence electrons. The van der Waals surface area contributed by atoms with E-state index < -0.39 is 0 Å². The van der Waals surface area contributed by atoms with Crippen LogP contribution in [-0.4, -0.2) is 60.9 Å². The standard InChI is InChI=1S/C29H36Cl2N2O3/c1-33(18-20-6-7-20)13-12-28(22-4-3-5-24(34)16-22)17-23(10-11-29(28,19-33)36-2)32-27(35)15-21-8-9-25(30)26(31)14-21/h3-5,8-9,14,16,20,23H,6-7,10-13,15,17-19H2,1-2H3,(H-,32,34,35)/p+1/t23-,28-,29?,33+/m0/s1. The number of amides is 1. The zero-order valence-electron chi connectivity index (χ0n) is 21.2. The van der Waals surface area contributed by atoms with Gasteiger partial charge in [0.15, 0.2) is 0 Å². The third kappa shape index (κ3) is 5.00. The lowest BCUT2D eigenvalue weighted by atomic mass is 9.54. The van der Waals surface area contributed by atoms with Crippen LogP contribution in [0, 0.1) is 5.92 Å². The lowest BCUT2D eigenvalue weighted by Crippen LogP contribution is -2.72. The highest BCUT2D eigenvalue weighted by Crippen LogP contribution is 2.55. The van der Waals surface area contributed by atoms with Gasteiger partial charge in [-0.25, -0.2) is 0 Å². The Labute approximate surface area is 224 Å². The molecule has 36 heavy (non-hydrogen) atoms. The fourth-order valence-corrected chi connectivity index (χ4v) is 7.40. The highest BCUT2D eigenvalue weighted by molar-refractivity contribution is 6.42. The molecule has 0 radical (unpaired) electrons. The molecule has 2 aromatic rings. The van der Waals surface area contributed by atoms with Gasteiger partial charge in [-0.3, -0.25) is 4.79 Å². The minimum absolute atomic E-state index is 0.0143. The summed E-state index contributed by atoms with van der Waals surface area (Å²) in [5.41, 5.74) is 1.35. The summed E-state index contributed by atoms with van der Waals surface area (Å²) in [5.74, 6) is 1.10. The Kier molecular flexibility index (Phi) is 7.05. The number of nitrogens with one attached hydrogen (secondary N) is 1. The van der Waals surface area contributed by atoms with Gasteiger partial charge in [-0.2, -0.15) is 0 Å². The van der Waals surface area contributed by atoms with Gasteiger partial charge >= 0.3 is 0 Å². The van der Waals surface area contributed by atoms with Crippen LogP contribution in [0.4, 0.5) is 0 Å². The van der Waals surface area contributed by atoms with Crippen molar-refractivity contribution < 1.29 is 19.1 Å². The third-order valence-corrected chi connectivity index (χ3v) is 9.72. The Morgan fingerprint density at radius 2 is 1.94 bits per heavy atom. The molecule has 5 nitrogen and oxygen atoms in total. The Hall–Kier alpha value is -1.79. The van der Waals surface area contributed by atoms with Crippen LogP contribution in [0.5, 0.6) is 5.75 Å². The van der Waals surface area contributed by atoms with E-state index >= 15 is 0 Å². The molecule has 3 aliphatic rings. The predicted octanol–water partition coefficient (Wildman–Crippen LogP) is 5.49. The van der Waals surface area contributed by atoms with Crippen molar-refractivity contribution in [1.82, 2.24) is 5.32 Å². The van der Waals surface area contributed by atoms with Gasteiger partial charge in [0, 0.05) is 30.9 Å². The van der Waals surface area contributed by atoms with Crippen LogP contribution in [0.15, 0.2) is 42.5 Å². The number of fused-ring (bicyclic) bond motifs is 1. The Morgan fingerprint density at radius 1 is 1.14 bits per heavy atom. The van der Waals surface area contributed by atoms with E-state index in [1.807, 2.05) is 25.3 Å². The summed E-state index contributed by atoms with van der Waals surface area (Å²) in [6.45, 7) is 3.24. The average molecular weight is 533 g/mol. The Bertz CT molecular complexity index is 1140. The van der Waals surface area contributed by atoms with Crippen molar-refractivity contribution in [3.63, 3.8) is 0 Å². The highest BCUT2D eigenvalue weighted by atomic mass is 35.5. The molecule has 4 atom stereocenters. The predicted molar refractivity (Wildman–Crippen MR) is 144 cm³/mol. The number of halogens is 2. The van der Waals surface area contributed by atoms with Crippen molar-refractivity contribution in [1.29, 1.82) is 0 Å². The van der Waals surface area contributed by atoms with Gasteiger partial charge in [0.2, 0.25) is 5.91 Å². The number of phenolic OH excluding ortho intramolecular Hbond substituents is 1. The normalized spacial score (nSPS) is 32.1. The largest absolute Gasteiger partial charge is 0.508 e. The molecule has 0 aromatic heterocycles. The first-order valence-corrected chi connectivity index (χ1v) is 13.8. The van der Waals surface area contributed by atoms with Crippen molar-refractivity contribution in [2.75, 3.05) is 33.8 Å². The minimum atomic E-state index is -0.340. The topological polar surface area (TPSA) is 58.6 Å². The molecule has 1 unspecified atom stereocenters. The van der Waals surface area contributed by atoms with E-state index in [2.05, 4.69) is 18.4 Å². The number of benzene rings is 2. The molecule has 1 aliphatic heterocycles. The maximum Gasteiger partial charge on any atom is 0.224 e. The van der Waals surface area contributed by atoms with E-state index in [9.17, 15) is 9.90 Å². The number of likely N-dealkylation sites (tertiary alicyclic amines) is 1. The number of ether oxygens (including phenoxy) is 1. The number of likely N-dealkylation sites (N-methyl/N-ethyl adjacent to an activating group) is 1. The molecule has 1 amide bonds. The smallest absolute Gasteiger partial charge is 0.224 e. The first-order chi connectivity index (χ1) is 17.2. The summed E-state index contributed by atoms with van der Waals surface area (Å²) in [6.07, 6.45) is 6.45. The van der Waals surface area contributed by atoms with Crippen molar-refractivity contribution in [3.8, 4) is 5.75 Å². The summed E-state index contributed by atoms with van der Waals surface area (Å²) >= 11 is 12.2. The summed E-state index contributed by atoms with van der Waals surface area (Å²) in [4.78, 5) is 13.1. The molecule has 1 heterocycles. The van der Waals surface area contributed by atoms with Gasteiger partial charge in [0.05, 0.1) is 36.6 Å². The van der Waals surface area contributed by atoms with E-state index in [0.29, 0.717) is 10.0 Å². The first kappa shape index (κ1) is 25.8. The Morgan fingerprint density at radius 3 is 2.64 bits per heavy atom. The van der Waals surface area contributed by atoms with Crippen molar-refractivity contribution >= 4 is 29.1 Å². The highest BCUT2D eigenvalue weighted by Gasteiger charge is 2.63. The lowest BCUT2D eigenvalue weighted by molar-refractivity contribution is -0.925. The zero-order valence-corrected chi connectivity index (χ0v) is 22.7. The molecular weight excluding hydrogens is 495 g/mol. The summed E-state index contributed by atoms with van der Waals surface area (Å²) in [7, 11) is 4.24. The molecular formula is C29H37Cl2N2O3+. The molecule has 5 rings (SSSR count). The van der Waals surface area contributed by atoms with Crippen molar-refractivity contribution in [2.24, 2.45) is 5.92 Å². The number of hydrogen-bond donors (Lipinski definition) is 2. The number of nitrogens with zero attached hydrogens (tertiary/aromatic N) is 1. The second-order valence-corrected chi connectivity index (χ2v) is 12.5. The molecule has 7 heteroatoms. The molecule has 2 saturated carbocycles. The van der Waals surface area contributed by atoms with E-state index in [0.717, 1.165) is 60.3 Å². The first-order valence-electron chi connectivity index (χ1n) is 13.1. The van der Waals surface area contributed by atoms with E-state index in [-0.39, 0.29) is 35.1 Å². The quantitative estimate of drug-likeness (QED) is 0.464. The Balaban J connectivity index is 1.40. The fraction of sp³-hybridized carbons (Fsp3) is 0.552. The van der Waals surface area contributed by atoms with Crippen LogP contribution in [0.1, 0.15) is 49.7 Å². The molecule has 1 saturated heterocycles. The summed E-state index contributed by atoms with van der Waals surface area (Å²) in [5, 5.41) is 14.7. The van der Waals surface area contributed by atoms with Gasteiger partial charge in [0.25, 0.3) is 0 Å². The maximum atomic E-state index is 13.1. The number of methoxy groups -OCH3 is 1. The zero-order chi connectivity index (χ0) is 25.6. The van der Waals surface area contributed by atoms with Gasteiger partial charge in [-0.1, -0.05) is 41.4 Å². The van der Waals surface area contributed by atoms with E-state index in [1.165, 1.54) is 19.4 Å². The van der Waals surface area contributed by atoms with Gasteiger partial charge < -0.3 is 19.6 Å². The van der Waals surface area contributed by atoms with Crippen molar-refractivity contribution in [3.05, 3.63) is 63.6 Å². The number of carbonyl (C=O) groups is 1. The minimum Gasteiger partial charge on any atom is -0.508 e. The molecule has 0 spiro atoms.